The van der Waals surface area contributed by atoms with Crippen molar-refractivity contribution in [3.8, 4) is 23.0 Å². The van der Waals surface area contributed by atoms with E-state index in [1.165, 1.54) is 33.0 Å². The number of aryl methyl sites for hydroxylation is 4. The lowest BCUT2D eigenvalue weighted by Crippen LogP contribution is -1.91. The summed E-state index contributed by atoms with van der Waals surface area (Å²) in [6.45, 7) is 8.56. The van der Waals surface area contributed by atoms with Gasteiger partial charge >= 0.3 is 0 Å². The maximum atomic E-state index is 6.25. The predicted molar refractivity (Wildman–Crippen MR) is 133 cm³/mol. The van der Waals surface area contributed by atoms with Crippen LogP contribution in [-0.2, 0) is 0 Å². The number of benzene rings is 5. The molecule has 0 unspecified atom stereocenters. The Morgan fingerprint density at radius 2 is 0.781 bits per heavy atom. The second-order valence-corrected chi connectivity index (χ2v) is 8.43. The minimum absolute atomic E-state index is 0.786. The van der Waals surface area contributed by atoms with Crippen molar-refractivity contribution < 1.29 is 9.47 Å². The molecule has 0 amide bonds. The van der Waals surface area contributed by atoms with Crippen molar-refractivity contribution in [2.75, 3.05) is 0 Å². The number of fused-ring (bicyclic) bond motifs is 2. The molecule has 32 heavy (non-hydrogen) atoms. The average Bonchev–Trinajstić information content (AvgIpc) is 2.79. The minimum Gasteiger partial charge on any atom is -0.457 e. The number of rotatable bonds is 4. The first-order valence-electron chi connectivity index (χ1n) is 10.9. The largest absolute Gasteiger partial charge is 0.457 e. The van der Waals surface area contributed by atoms with Gasteiger partial charge in [-0.2, -0.15) is 0 Å². The molecule has 0 saturated heterocycles. The van der Waals surface area contributed by atoms with Crippen LogP contribution in [0.25, 0.3) is 21.5 Å². The molecule has 0 spiro atoms. The molecule has 0 aliphatic carbocycles. The van der Waals surface area contributed by atoms with Crippen molar-refractivity contribution in [1.29, 1.82) is 0 Å². The predicted octanol–water partition coefficient (Wildman–Crippen LogP) is 8.81. The summed E-state index contributed by atoms with van der Waals surface area (Å²) < 4.78 is 12.5. The molecule has 0 atom stereocenters. The van der Waals surface area contributed by atoms with Crippen LogP contribution in [0.15, 0.2) is 84.9 Å². The van der Waals surface area contributed by atoms with Crippen LogP contribution in [0.5, 0.6) is 23.0 Å². The summed E-state index contributed by atoms with van der Waals surface area (Å²) in [6, 6.07) is 28.8. The Balaban J connectivity index is 1.43. The van der Waals surface area contributed by atoms with Crippen LogP contribution in [0.4, 0.5) is 0 Å². The van der Waals surface area contributed by atoms with E-state index in [2.05, 4.69) is 76.2 Å². The molecule has 0 aromatic heterocycles. The molecule has 0 heterocycles. The summed E-state index contributed by atoms with van der Waals surface area (Å²) in [5.74, 6) is 3.30. The second kappa shape index (κ2) is 8.05. The van der Waals surface area contributed by atoms with Gasteiger partial charge in [-0.3, -0.25) is 0 Å². The first kappa shape index (κ1) is 20.1. The summed E-state index contributed by atoms with van der Waals surface area (Å²) in [5.41, 5.74) is 5.04. The van der Waals surface area contributed by atoms with Crippen molar-refractivity contribution in [3.63, 3.8) is 0 Å². The van der Waals surface area contributed by atoms with Crippen molar-refractivity contribution in [2.24, 2.45) is 0 Å². The standard InChI is InChI=1S/C30H26O2/c1-19-7-5-9-25-27(17-11-21(3)29(19)25)31-23-13-15-24(16-14-23)32-28-18-12-22(4)30-20(2)8-6-10-26(28)30/h5-18H,1-4H3. The maximum absolute atomic E-state index is 6.25. The van der Waals surface area contributed by atoms with E-state index < -0.39 is 0 Å². The fourth-order valence-corrected chi connectivity index (χ4v) is 4.55. The van der Waals surface area contributed by atoms with E-state index in [-0.39, 0.29) is 0 Å². The van der Waals surface area contributed by atoms with Gasteiger partial charge in [0.15, 0.2) is 0 Å². The smallest absolute Gasteiger partial charge is 0.135 e. The third-order valence-electron chi connectivity index (χ3n) is 6.11. The second-order valence-electron chi connectivity index (χ2n) is 8.43. The topological polar surface area (TPSA) is 18.5 Å². The molecule has 0 bridgehead atoms. The molecule has 0 aliphatic heterocycles. The lowest BCUT2D eigenvalue weighted by molar-refractivity contribution is 0.474. The Morgan fingerprint density at radius 3 is 1.19 bits per heavy atom. The van der Waals surface area contributed by atoms with Gasteiger partial charge in [0.2, 0.25) is 0 Å². The van der Waals surface area contributed by atoms with Gasteiger partial charge < -0.3 is 9.47 Å². The van der Waals surface area contributed by atoms with Crippen LogP contribution in [0.1, 0.15) is 22.3 Å². The summed E-state index contributed by atoms with van der Waals surface area (Å²) in [7, 11) is 0. The molecule has 2 nitrogen and oxygen atoms in total. The minimum atomic E-state index is 0.786. The van der Waals surface area contributed by atoms with Gasteiger partial charge in [-0.25, -0.2) is 0 Å². The Bertz CT molecular complexity index is 1320. The summed E-state index contributed by atoms with van der Waals surface area (Å²) in [6.07, 6.45) is 0. The molecule has 2 heteroatoms. The van der Waals surface area contributed by atoms with Crippen LogP contribution in [0, 0.1) is 27.7 Å². The molecule has 0 radical (unpaired) electrons. The Hall–Kier alpha value is -3.78. The fourth-order valence-electron chi connectivity index (χ4n) is 4.55. The molecule has 5 aromatic rings. The summed E-state index contributed by atoms with van der Waals surface area (Å²) >= 11 is 0. The van der Waals surface area contributed by atoms with Gasteiger partial charge in [0.1, 0.15) is 23.0 Å². The number of hydrogen-bond donors (Lipinski definition) is 0. The molecule has 0 fully saturated rings. The lowest BCUT2D eigenvalue weighted by Gasteiger charge is -2.14. The molecular weight excluding hydrogens is 392 g/mol. The zero-order chi connectivity index (χ0) is 22.2. The van der Waals surface area contributed by atoms with Gasteiger partial charge in [0.25, 0.3) is 0 Å². The van der Waals surface area contributed by atoms with Crippen molar-refractivity contribution >= 4 is 21.5 Å². The van der Waals surface area contributed by atoms with Crippen molar-refractivity contribution in [1.82, 2.24) is 0 Å². The quantitative estimate of drug-likeness (QED) is 0.290. The average molecular weight is 419 g/mol. The molecule has 0 saturated carbocycles. The van der Waals surface area contributed by atoms with Crippen LogP contribution in [0.3, 0.4) is 0 Å². The molecule has 5 rings (SSSR count). The third-order valence-corrected chi connectivity index (χ3v) is 6.11. The van der Waals surface area contributed by atoms with E-state index >= 15 is 0 Å². The van der Waals surface area contributed by atoms with E-state index in [1.807, 2.05) is 36.4 Å². The van der Waals surface area contributed by atoms with Crippen molar-refractivity contribution in [2.45, 2.75) is 27.7 Å². The molecule has 0 N–H and O–H groups in total. The molecule has 158 valence electrons. The van der Waals surface area contributed by atoms with Crippen LogP contribution >= 0.6 is 0 Å². The highest BCUT2D eigenvalue weighted by Crippen LogP contribution is 2.36. The zero-order valence-electron chi connectivity index (χ0n) is 18.9. The van der Waals surface area contributed by atoms with Crippen molar-refractivity contribution in [3.05, 3.63) is 107 Å². The van der Waals surface area contributed by atoms with Gasteiger partial charge in [0, 0.05) is 10.8 Å². The Morgan fingerprint density at radius 1 is 0.406 bits per heavy atom. The first-order valence-corrected chi connectivity index (χ1v) is 10.9. The highest BCUT2D eigenvalue weighted by atomic mass is 16.5. The van der Waals surface area contributed by atoms with Gasteiger partial charge in [-0.1, -0.05) is 48.5 Å². The lowest BCUT2D eigenvalue weighted by atomic mass is 10.00. The van der Waals surface area contributed by atoms with Crippen LogP contribution in [-0.4, -0.2) is 0 Å². The number of hydrogen-bond acceptors (Lipinski definition) is 2. The first-order chi connectivity index (χ1) is 15.5. The monoisotopic (exact) mass is 418 g/mol. The van der Waals surface area contributed by atoms with Gasteiger partial charge in [-0.05, 0) is 97.1 Å². The van der Waals surface area contributed by atoms with Gasteiger partial charge in [-0.15, -0.1) is 0 Å². The van der Waals surface area contributed by atoms with Crippen LogP contribution in [0.2, 0.25) is 0 Å². The highest BCUT2D eigenvalue weighted by Gasteiger charge is 2.10. The van der Waals surface area contributed by atoms with Crippen LogP contribution < -0.4 is 9.47 Å². The summed E-state index contributed by atoms with van der Waals surface area (Å²) in [5, 5.41) is 4.77. The Labute approximate surface area is 189 Å². The molecular formula is C30H26O2. The van der Waals surface area contributed by atoms with E-state index in [9.17, 15) is 0 Å². The highest BCUT2D eigenvalue weighted by molar-refractivity contribution is 5.94. The zero-order valence-corrected chi connectivity index (χ0v) is 18.9. The molecule has 0 aliphatic rings. The normalized spacial score (nSPS) is 11.1. The van der Waals surface area contributed by atoms with E-state index in [0.29, 0.717) is 0 Å². The summed E-state index contributed by atoms with van der Waals surface area (Å²) in [4.78, 5) is 0. The van der Waals surface area contributed by atoms with E-state index in [4.69, 9.17) is 9.47 Å². The fraction of sp³-hybridized carbons (Fsp3) is 0.133. The third kappa shape index (κ3) is 3.58. The number of ether oxygens (including phenoxy) is 2. The maximum Gasteiger partial charge on any atom is 0.135 e. The van der Waals surface area contributed by atoms with E-state index in [1.54, 1.807) is 0 Å². The molecule has 5 aromatic carbocycles. The van der Waals surface area contributed by atoms with Gasteiger partial charge in [0.05, 0.1) is 0 Å². The Kier molecular flexibility index (Phi) is 5.07. The SMILES string of the molecule is Cc1cccc2c(Oc3ccc(Oc4ccc(C)c5c(C)cccc45)cc3)ccc(C)c12. The van der Waals surface area contributed by atoms with E-state index in [0.717, 1.165) is 33.8 Å².